The number of benzene rings is 1. The molecule has 3 rings (SSSR count). The normalized spacial score (nSPS) is 14.0. The molecule has 0 aliphatic carbocycles. The lowest BCUT2D eigenvalue weighted by molar-refractivity contribution is 0.0320. The van der Waals surface area contributed by atoms with E-state index in [1.165, 1.54) is 0 Å². The largest absolute Gasteiger partial charge is 0.388 e. The van der Waals surface area contributed by atoms with Gasteiger partial charge in [-0.3, -0.25) is 0 Å². The van der Waals surface area contributed by atoms with Crippen molar-refractivity contribution in [2.75, 3.05) is 5.73 Å². The number of pyridine rings is 1. The lowest BCUT2D eigenvalue weighted by atomic mass is 10.0. The van der Waals surface area contributed by atoms with Gasteiger partial charge in [0.2, 0.25) is 0 Å². The molecule has 0 radical (unpaired) electrons. The monoisotopic (exact) mass is 270 g/mol. The topological polar surface area (TPSA) is 77.0 Å². The summed E-state index contributed by atoms with van der Waals surface area (Å²) in [6.45, 7) is 5.54. The number of hydrogen-bond donors (Lipinski definition) is 2. The van der Waals surface area contributed by atoms with Crippen LogP contribution < -0.4 is 5.73 Å². The zero-order valence-electron chi connectivity index (χ0n) is 11.8. The van der Waals surface area contributed by atoms with Crippen molar-refractivity contribution in [3.05, 3.63) is 30.6 Å². The second-order valence-electron chi connectivity index (χ2n) is 5.69. The molecule has 1 atom stereocenters. The van der Waals surface area contributed by atoms with Crippen LogP contribution in [0.5, 0.6) is 0 Å². The molecule has 0 saturated carbocycles. The number of nitrogens with two attached hydrogens (primary N) is 1. The highest BCUT2D eigenvalue weighted by Gasteiger charge is 2.26. The summed E-state index contributed by atoms with van der Waals surface area (Å²) in [5, 5.41) is 11.3. The molecule has 1 aromatic carbocycles. The average Bonchev–Trinajstić information content (AvgIpc) is 2.82. The number of imidazole rings is 1. The predicted octanol–water partition coefficient (Wildman–Crippen LogP) is 2.50. The second kappa shape index (κ2) is 4.18. The Morgan fingerprint density at radius 2 is 2.00 bits per heavy atom. The maximum absolute atomic E-state index is 10.3. The van der Waals surface area contributed by atoms with Gasteiger partial charge in [-0.1, -0.05) is 18.2 Å². The molecule has 0 spiro atoms. The summed E-state index contributed by atoms with van der Waals surface area (Å²) in [6.07, 6.45) is 1.72. The van der Waals surface area contributed by atoms with Gasteiger partial charge >= 0.3 is 0 Å². The van der Waals surface area contributed by atoms with E-state index in [4.69, 9.17) is 5.73 Å². The fourth-order valence-corrected chi connectivity index (χ4v) is 2.40. The van der Waals surface area contributed by atoms with Crippen molar-refractivity contribution in [2.45, 2.75) is 32.4 Å². The summed E-state index contributed by atoms with van der Waals surface area (Å²) in [7, 11) is 0. The van der Waals surface area contributed by atoms with Gasteiger partial charge in [-0.25, -0.2) is 9.97 Å². The number of nitrogen functional groups attached to an aromatic ring is 1. The van der Waals surface area contributed by atoms with Crippen LogP contribution in [0.1, 0.15) is 26.8 Å². The number of hydrogen-bond acceptors (Lipinski definition) is 4. The first-order valence-electron chi connectivity index (χ1n) is 6.62. The first-order chi connectivity index (χ1) is 9.39. The summed E-state index contributed by atoms with van der Waals surface area (Å²) in [4.78, 5) is 8.75. The Hall–Kier alpha value is -2.14. The maximum atomic E-state index is 10.3. The lowest BCUT2D eigenvalue weighted by Gasteiger charge is -2.27. The van der Waals surface area contributed by atoms with Gasteiger partial charge in [-0.05, 0) is 26.8 Å². The van der Waals surface area contributed by atoms with Crippen molar-refractivity contribution in [1.29, 1.82) is 0 Å². The summed E-state index contributed by atoms with van der Waals surface area (Å²) in [6, 6.07) is 7.70. The fraction of sp³-hybridized carbons (Fsp3) is 0.333. The number of nitrogens with zero attached hydrogens (tertiary/aromatic N) is 3. The number of para-hydroxylation sites is 1. The molecular weight excluding hydrogens is 252 g/mol. The minimum atomic E-state index is -0.854. The smallest absolute Gasteiger partial charge is 0.152 e. The summed E-state index contributed by atoms with van der Waals surface area (Å²) >= 11 is 0. The summed E-state index contributed by atoms with van der Waals surface area (Å²) < 4.78 is 1.97. The molecule has 2 aromatic heterocycles. The van der Waals surface area contributed by atoms with Crippen molar-refractivity contribution in [3.8, 4) is 0 Å². The van der Waals surface area contributed by atoms with Crippen LogP contribution in [-0.2, 0) is 0 Å². The van der Waals surface area contributed by atoms with Crippen LogP contribution in [-0.4, -0.2) is 25.2 Å². The molecule has 0 amide bonds. The Morgan fingerprint density at radius 3 is 2.70 bits per heavy atom. The molecule has 5 heteroatoms. The van der Waals surface area contributed by atoms with Gasteiger partial charge in [0, 0.05) is 5.39 Å². The van der Waals surface area contributed by atoms with Gasteiger partial charge in [-0.2, -0.15) is 0 Å². The second-order valence-corrected chi connectivity index (χ2v) is 5.69. The minimum Gasteiger partial charge on any atom is -0.388 e. The maximum Gasteiger partial charge on any atom is 0.152 e. The molecule has 0 fully saturated rings. The third kappa shape index (κ3) is 1.82. The van der Waals surface area contributed by atoms with Crippen LogP contribution in [0.3, 0.4) is 0 Å². The molecule has 0 unspecified atom stereocenters. The Morgan fingerprint density at radius 1 is 1.30 bits per heavy atom. The first kappa shape index (κ1) is 12.9. The molecule has 20 heavy (non-hydrogen) atoms. The number of aromatic nitrogens is 3. The van der Waals surface area contributed by atoms with E-state index in [-0.39, 0.29) is 6.04 Å². The number of aliphatic hydroxyl groups is 1. The van der Waals surface area contributed by atoms with Gasteiger partial charge in [0.15, 0.2) is 5.82 Å². The molecule has 5 nitrogen and oxygen atoms in total. The van der Waals surface area contributed by atoms with Gasteiger partial charge in [0.1, 0.15) is 5.52 Å². The van der Waals surface area contributed by atoms with Crippen molar-refractivity contribution < 1.29 is 5.11 Å². The van der Waals surface area contributed by atoms with E-state index in [1.54, 1.807) is 20.2 Å². The number of rotatable bonds is 2. The Balaban J connectivity index is 2.41. The minimum absolute atomic E-state index is 0.127. The van der Waals surface area contributed by atoms with E-state index >= 15 is 0 Å². The highest BCUT2D eigenvalue weighted by atomic mass is 16.3. The van der Waals surface area contributed by atoms with E-state index in [2.05, 4.69) is 9.97 Å². The van der Waals surface area contributed by atoms with Crippen LogP contribution in [0.4, 0.5) is 5.82 Å². The quantitative estimate of drug-likeness (QED) is 0.750. The third-order valence-electron chi connectivity index (χ3n) is 3.88. The summed E-state index contributed by atoms with van der Waals surface area (Å²) in [5.74, 6) is 0.417. The Bertz CT molecular complexity index is 786. The average molecular weight is 270 g/mol. The van der Waals surface area contributed by atoms with E-state index < -0.39 is 5.60 Å². The molecule has 0 aliphatic rings. The van der Waals surface area contributed by atoms with Crippen LogP contribution in [0, 0.1) is 0 Å². The van der Waals surface area contributed by atoms with Crippen LogP contribution >= 0.6 is 0 Å². The Kier molecular flexibility index (Phi) is 2.69. The van der Waals surface area contributed by atoms with E-state index in [0.29, 0.717) is 11.3 Å². The van der Waals surface area contributed by atoms with Crippen LogP contribution in [0.25, 0.3) is 21.9 Å². The van der Waals surface area contributed by atoms with Gasteiger partial charge < -0.3 is 15.4 Å². The zero-order valence-corrected chi connectivity index (χ0v) is 11.8. The van der Waals surface area contributed by atoms with E-state index in [1.807, 2.05) is 35.8 Å². The number of anilines is 1. The van der Waals surface area contributed by atoms with Crippen molar-refractivity contribution >= 4 is 27.8 Å². The molecular formula is C15H18N4O. The van der Waals surface area contributed by atoms with Crippen molar-refractivity contribution in [1.82, 2.24) is 14.5 Å². The number of fused-ring (bicyclic) bond motifs is 3. The lowest BCUT2D eigenvalue weighted by Crippen LogP contribution is -2.30. The molecule has 2 heterocycles. The predicted molar refractivity (Wildman–Crippen MR) is 80.5 cm³/mol. The van der Waals surface area contributed by atoms with Crippen molar-refractivity contribution in [2.24, 2.45) is 0 Å². The van der Waals surface area contributed by atoms with Gasteiger partial charge in [-0.15, -0.1) is 0 Å². The molecule has 3 aromatic rings. The third-order valence-corrected chi connectivity index (χ3v) is 3.88. The highest BCUT2D eigenvalue weighted by molar-refractivity contribution is 6.06. The van der Waals surface area contributed by atoms with E-state index in [0.717, 1.165) is 16.4 Å². The Labute approximate surface area is 117 Å². The SMILES string of the molecule is C[C@H](n1cnc2c(N)nc3ccccc3c21)C(C)(C)O. The first-order valence-corrected chi connectivity index (χ1v) is 6.62. The molecule has 104 valence electrons. The zero-order chi connectivity index (χ0) is 14.5. The standard InChI is InChI=1S/C15H18N4O/c1-9(15(2,3)20)19-8-17-12-13(19)10-6-4-5-7-11(10)18-14(12)16/h4-9,20H,1-3H3,(H2,16,18)/t9-/m0/s1. The van der Waals surface area contributed by atoms with Gasteiger partial charge in [0.25, 0.3) is 0 Å². The molecule has 0 bridgehead atoms. The summed E-state index contributed by atoms with van der Waals surface area (Å²) in [5.41, 5.74) is 7.58. The van der Waals surface area contributed by atoms with E-state index in [9.17, 15) is 5.11 Å². The van der Waals surface area contributed by atoms with Crippen LogP contribution in [0.2, 0.25) is 0 Å². The molecule has 3 N–H and O–H groups in total. The van der Waals surface area contributed by atoms with Gasteiger partial charge in [0.05, 0.1) is 29.0 Å². The molecule has 0 aliphatic heterocycles. The highest BCUT2D eigenvalue weighted by Crippen LogP contribution is 2.32. The fourth-order valence-electron chi connectivity index (χ4n) is 2.40. The molecule has 0 saturated heterocycles. The van der Waals surface area contributed by atoms with Crippen LogP contribution in [0.15, 0.2) is 30.6 Å². The van der Waals surface area contributed by atoms with Crippen molar-refractivity contribution in [3.63, 3.8) is 0 Å².